The van der Waals surface area contributed by atoms with Crippen molar-refractivity contribution >= 4 is 0 Å². The Balaban J connectivity index is 2.07. The highest BCUT2D eigenvalue weighted by Crippen LogP contribution is 2.38. The fourth-order valence-electron chi connectivity index (χ4n) is 2.57. The molecule has 4 nitrogen and oxygen atoms in total. The molecule has 19 heavy (non-hydrogen) atoms. The number of hydrogen-bond acceptors (Lipinski definition) is 4. The number of nitrogens with one attached hydrogen (secondary N) is 1. The number of ether oxygens (including phenoxy) is 3. The molecule has 0 aliphatic heterocycles. The third-order valence-electron chi connectivity index (χ3n) is 3.69. The molecule has 1 aromatic rings. The van der Waals surface area contributed by atoms with Gasteiger partial charge in [0.25, 0.3) is 0 Å². The van der Waals surface area contributed by atoms with Gasteiger partial charge in [0.2, 0.25) is 5.75 Å². The van der Waals surface area contributed by atoms with Crippen LogP contribution in [0.2, 0.25) is 0 Å². The fraction of sp³-hybridized carbons (Fsp3) is 0.600. The van der Waals surface area contributed by atoms with Gasteiger partial charge < -0.3 is 19.5 Å². The lowest BCUT2D eigenvalue weighted by atomic mass is 9.82. The Morgan fingerprint density at radius 1 is 1.05 bits per heavy atom. The molecule has 1 fully saturated rings. The highest BCUT2D eigenvalue weighted by molar-refractivity contribution is 5.53. The third kappa shape index (κ3) is 3.13. The summed E-state index contributed by atoms with van der Waals surface area (Å²) in [5, 5.41) is 3.55. The van der Waals surface area contributed by atoms with Gasteiger partial charge in [-0.3, -0.25) is 0 Å². The monoisotopic (exact) mass is 265 g/mol. The van der Waals surface area contributed by atoms with Crippen LogP contribution in [0.25, 0.3) is 0 Å². The van der Waals surface area contributed by atoms with Gasteiger partial charge >= 0.3 is 0 Å². The van der Waals surface area contributed by atoms with E-state index < -0.39 is 0 Å². The van der Waals surface area contributed by atoms with Crippen LogP contribution in [0, 0.1) is 5.92 Å². The maximum absolute atomic E-state index is 5.35. The first kappa shape index (κ1) is 14.0. The van der Waals surface area contributed by atoms with Crippen LogP contribution in [0.5, 0.6) is 17.2 Å². The van der Waals surface area contributed by atoms with Crippen LogP contribution in [0.4, 0.5) is 0 Å². The maximum Gasteiger partial charge on any atom is 0.203 e. The van der Waals surface area contributed by atoms with E-state index in [0.717, 1.165) is 18.0 Å². The van der Waals surface area contributed by atoms with Crippen molar-refractivity contribution in [2.24, 2.45) is 5.92 Å². The molecule has 0 radical (unpaired) electrons. The predicted molar refractivity (Wildman–Crippen MR) is 75.1 cm³/mol. The smallest absolute Gasteiger partial charge is 0.203 e. The normalized spacial score (nSPS) is 21.7. The quantitative estimate of drug-likeness (QED) is 0.858. The molecule has 0 heterocycles. The zero-order valence-corrected chi connectivity index (χ0v) is 12.2. The molecule has 0 amide bonds. The third-order valence-corrected chi connectivity index (χ3v) is 3.69. The molecular weight excluding hydrogens is 242 g/mol. The van der Waals surface area contributed by atoms with Crippen molar-refractivity contribution in [3.05, 3.63) is 17.7 Å². The molecule has 0 spiro atoms. The number of rotatable bonds is 6. The number of hydrogen-bond donors (Lipinski definition) is 1. The van der Waals surface area contributed by atoms with Crippen molar-refractivity contribution in [2.45, 2.75) is 32.4 Å². The molecule has 106 valence electrons. The van der Waals surface area contributed by atoms with Crippen molar-refractivity contribution in [3.8, 4) is 17.2 Å². The minimum Gasteiger partial charge on any atom is -0.493 e. The van der Waals surface area contributed by atoms with Gasteiger partial charge in [-0.25, -0.2) is 0 Å². The molecular formula is C15H23NO3. The van der Waals surface area contributed by atoms with E-state index in [4.69, 9.17) is 14.2 Å². The van der Waals surface area contributed by atoms with Gasteiger partial charge in [0.1, 0.15) is 0 Å². The molecule has 4 heteroatoms. The van der Waals surface area contributed by atoms with Gasteiger partial charge in [-0.15, -0.1) is 0 Å². The van der Waals surface area contributed by atoms with Crippen LogP contribution in [-0.2, 0) is 6.54 Å². The Bertz CT molecular complexity index is 402. The predicted octanol–water partition coefficient (Wildman–Crippen LogP) is 2.60. The van der Waals surface area contributed by atoms with Crippen LogP contribution in [-0.4, -0.2) is 27.4 Å². The van der Waals surface area contributed by atoms with Crippen LogP contribution in [0.1, 0.15) is 25.3 Å². The highest BCUT2D eigenvalue weighted by atomic mass is 16.5. The molecule has 2 rings (SSSR count). The van der Waals surface area contributed by atoms with Crippen molar-refractivity contribution in [1.82, 2.24) is 5.32 Å². The van der Waals surface area contributed by atoms with E-state index in [9.17, 15) is 0 Å². The summed E-state index contributed by atoms with van der Waals surface area (Å²) in [4.78, 5) is 0. The molecule has 0 atom stereocenters. The average molecular weight is 265 g/mol. The van der Waals surface area contributed by atoms with E-state index in [2.05, 4.69) is 12.2 Å². The minimum atomic E-state index is 0.644. The van der Waals surface area contributed by atoms with Crippen molar-refractivity contribution in [3.63, 3.8) is 0 Å². The van der Waals surface area contributed by atoms with Crippen LogP contribution < -0.4 is 19.5 Å². The molecule has 1 N–H and O–H groups in total. The summed E-state index contributed by atoms with van der Waals surface area (Å²) >= 11 is 0. The van der Waals surface area contributed by atoms with Crippen LogP contribution in [0.3, 0.4) is 0 Å². The second kappa shape index (κ2) is 6.15. The van der Waals surface area contributed by atoms with Gasteiger partial charge in [-0.2, -0.15) is 0 Å². The summed E-state index contributed by atoms with van der Waals surface area (Å²) in [6.07, 6.45) is 2.54. The summed E-state index contributed by atoms with van der Waals surface area (Å²) in [5.74, 6) is 2.92. The summed E-state index contributed by atoms with van der Waals surface area (Å²) < 4.78 is 16.0. The van der Waals surface area contributed by atoms with Crippen molar-refractivity contribution in [1.29, 1.82) is 0 Å². The molecule has 0 saturated heterocycles. The first-order chi connectivity index (χ1) is 9.17. The van der Waals surface area contributed by atoms with Gasteiger partial charge in [-0.05, 0) is 36.5 Å². The van der Waals surface area contributed by atoms with Crippen molar-refractivity contribution < 1.29 is 14.2 Å². The van der Waals surface area contributed by atoms with E-state index in [1.165, 1.54) is 12.8 Å². The topological polar surface area (TPSA) is 39.7 Å². The molecule has 1 aromatic carbocycles. The largest absolute Gasteiger partial charge is 0.493 e. The second-order valence-electron chi connectivity index (χ2n) is 5.19. The molecule has 0 unspecified atom stereocenters. The summed E-state index contributed by atoms with van der Waals surface area (Å²) in [7, 11) is 4.90. The second-order valence-corrected chi connectivity index (χ2v) is 5.19. The summed E-state index contributed by atoms with van der Waals surface area (Å²) in [5.41, 5.74) is 1.15. The molecule has 1 aliphatic rings. The Kier molecular flexibility index (Phi) is 4.53. The van der Waals surface area contributed by atoms with E-state index in [0.29, 0.717) is 23.3 Å². The molecule has 0 bridgehead atoms. The van der Waals surface area contributed by atoms with Gasteiger partial charge in [0.05, 0.1) is 21.3 Å². The van der Waals surface area contributed by atoms with Crippen molar-refractivity contribution in [2.75, 3.05) is 21.3 Å². The Labute approximate surface area is 115 Å². The average Bonchev–Trinajstić information content (AvgIpc) is 2.40. The zero-order valence-electron chi connectivity index (χ0n) is 12.2. The first-order valence-electron chi connectivity index (χ1n) is 6.70. The number of methoxy groups -OCH3 is 3. The standard InChI is InChI=1S/C15H23NO3/c1-10-5-12(6-10)16-9-11-7-13(17-2)15(19-4)14(8-11)18-3/h7-8,10,12,16H,5-6,9H2,1-4H3. The molecule has 0 aromatic heterocycles. The maximum atomic E-state index is 5.35. The summed E-state index contributed by atoms with van der Waals surface area (Å²) in [6, 6.07) is 4.64. The zero-order chi connectivity index (χ0) is 13.8. The molecule has 1 aliphatic carbocycles. The Morgan fingerprint density at radius 3 is 2.05 bits per heavy atom. The van der Waals surface area contributed by atoms with Gasteiger partial charge in [0.15, 0.2) is 11.5 Å². The van der Waals surface area contributed by atoms with Gasteiger partial charge in [0, 0.05) is 12.6 Å². The lowest BCUT2D eigenvalue weighted by Gasteiger charge is -2.33. The van der Waals surface area contributed by atoms with Crippen LogP contribution in [0.15, 0.2) is 12.1 Å². The molecule has 1 saturated carbocycles. The minimum absolute atomic E-state index is 0.644. The van der Waals surface area contributed by atoms with Gasteiger partial charge in [-0.1, -0.05) is 6.92 Å². The Morgan fingerprint density at radius 2 is 1.63 bits per heavy atom. The highest BCUT2D eigenvalue weighted by Gasteiger charge is 2.24. The lowest BCUT2D eigenvalue weighted by Crippen LogP contribution is -2.39. The van der Waals surface area contributed by atoms with E-state index in [-0.39, 0.29) is 0 Å². The van der Waals surface area contributed by atoms with E-state index in [1.807, 2.05) is 12.1 Å². The van der Waals surface area contributed by atoms with E-state index >= 15 is 0 Å². The number of benzene rings is 1. The van der Waals surface area contributed by atoms with Crippen LogP contribution >= 0.6 is 0 Å². The SMILES string of the molecule is COc1cc(CNC2CC(C)C2)cc(OC)c1OC. The lowest BCUT2D eigenvalue weighted by molar-refractivity contribution is 0.240. The first-order valence-corrected chi connectivity index (χ1v) is 6.70. The fourth-order valence-corrected chi connectivity index (χ4v) is 2.57. The Hall–Kier alpha value is -1.42. The summed E-state index contributed by atoms with van der Waals surface area (Å²) in [6.45, 7) is 3.12. The van der Waals surface area contributed by atoms with E-state index in [1.54, 1.807) is 21.3 Å².